The zero-order valence-electron chi connectivity index (χ0n) is 9.91. The van der Waals surface area contributed by atoms with Crippen LogP contribution in [0.5, 0.6) is 0 Å². The number of benzene rings is 2. The summed E-state index contributed by atoms with van der Waals surface area (Å²) in [5, 5.41) is 0.0714. The molecule has 18 heavy (non-hydrogen) atoms. The van der Waals surface area contributed by atoms with Crippen molar-refractivity contribution in [3.05, 3.63) is 70.0 Å². The van der Waals surface area contributed by atoms with E-state index in [1.165, 1.54) is 12.1 Å². The predicted octanol–water partition coefficient (Wildman–Crippen LogP) is 4.21. The largest absolute Gasteiger partial charge is 0.294 e. The summed E-state index contributed by atoms with van der Waals surface area (Å²) in [5.41, 5.74) is 2.23. The van der Waals surface area contributed by atoms with Gasteiger partial charge in [0.05, 0.1) is 5.02 Å². The molecule has 92 valence electrons. The minimum Gasteiger partial charge on any atom is -0.294 e. The Morgan fingerprint density at radius 1 is 1.22 bits per heavy atom. The molecule has 0 atom stereocenters. The first-order chi connectivity index (χ1) is 8.58. The molecule has 0 amide bonds. The number of carbonyl (C=O) groups is 1. The number of rotatable bonds is 3. The van der Waals surface area contributed by atoms with Crippen molar-refractivity contribution in [3.63, 3.8) is 0 Å². The third-order valence-electron chi connectivity index (χ3n) is 2.79. The average molecular weight is 263 g/mol. The third kappa shape index (κ3) is 2.77. The van der Waals surface area contributed by atoms with Crippen molar-refractivity contribution in [1.29, 1.82) is 0 Å². The van der Waals surface area contributed by atoms with Crippen molar-refractivity contribution in [3.8, 4) is 0 Å². The number of carbonyl (C=O) groups excluding carboxylic acids is 1. The minimum absolute atomic E-state index is 0.0187. The van der Waals surface area contributed by atoms with E-state index in [9.17, 15) is 9.18 Å². The summed E-state index contributed by atoms with van der Waals surface area (Å²) in [4.78, 5) is 12.1. The standard InChI is InChI=1S/C15H12ClFO/c1-10-4-2-3-5-12(10)15(18)9-11-6-7-13(16)14(17)8-11/h2-8H,9H2,1H3. The molecule has 0 aliphatic heterocycles. The molecule has 0 radical (unpaired) electrons. The van der Waals surface area contributed by atoms with E-state index in [-0.39, 0.29) is 17.2 Å². The van der Waals surface area contributed by atoms with E-state index >= 15 is 0 Å². The average Bonchev–Trinajstić information content (AvgIpc) is 2.34. The molecule has 0 aromatic heterocycles. The number of hydrogen-bond acceptors (Lipinski definition) is 1. The monoisotopic (exact) mass is 262 g/mol. The van der Waals surface area contributed by atoms with Crippen molar-refractivity contribution in [2.75, 3.05) is 0 Å². The second kappa shape index (κ2) is 5.32. The van der Waals surface area contributed by atoms with Gasteiger partial charge in [-0.15, -0.1) is 0 Å². The Hall–Kier alpha value is -1.67. The van der Waals surface area contributed by atoms with Crippen LogP contribution in [-0.2, 0) is 6.42 Å². The Labute approximate surface area is 110 Å². The quantitative estimate of drug-likeness (QED) is 0.757. The van der Waals surface area contributed by atoms with Gasteiger partial charge in [-0.25, -0.2) is 4.39 Å². The highest BCUT2D eigenvalue weighted by Gasteiger charge is 2.10. The van der Waals surface area contributed by atoms with Crippen LogP contribution in [0.2, 0.25) is 5.02 Å². The van der Waals surface area contributed by atoms with E-state index in [2.05, 4.69) is 0 Å². The third-order valence-corrected chi connectivity index (χ3v) is 3.10. The molecule has 0 N–H and O–H groups in total. The molecule has 0 spiro atoms. The topological polar surface area (TPSA) is 17.1 Å². The zero-order valence-corrected chi connectivity index (χ0v) is 10.7. The first kappa shape index (κ1) is 12.8. The second-order valence-electron chi connectivity index (χ2n) is 4.16. The molecular weight excluding hydrogens is 251 g/mol. The number of halogens is 2. The van der Waals surface area contributed by atoms with Crippen LogP contribution in [0.15, 0.2) is 42.5 Å². The van der Waals surface area contributed by atoms with Gasteiger partial charge in [0.1, 0.15) is 5.82 Å². The van der Waals surface area contributed by atoms with Crippen LogP contribution in [0.1, 0.15) is 21.5 Å². The smallest absolute Gasteiger partial charge is 0.167 e. The summed E-state index contributed by atoms with van der Waals surface area (Å²) in [6, 6.07) is 11.8. The van der Waals surface area contributed by atoms with Crippen molar-refractivity contribution in [1.82, 2.24) is 0 Å². The molecule has 0 heterocycles. The van der Waals surface area contributed by atoms with E-state index < -0.39 is 5.82 Å². The lowest BCUT2D eigenvalue weighted by molar-refractivity contribution is 0.0992. The van der Waals surface area contributed by atoms with E-state index in [4.69, 9.17) is 11.6 Å². The van der Waals surface area contributed by atoms with Crippen molar-refractivity contribution >= 4 is 17.4 Å². The van der Waals surface area contributed by atoms with E-state index in [1.807, 2.05) is 25.1 Å². The summed E-state index contributed by atoms with van der Waals surface area (Å²) < 4.78 is 13.3. The van der Waals surface area contributed by atoms with Gasteiger partial charge < -0.3 is 0 Å². The summed E-state index contributed by atoms with van der Waals surface area (Å²) in [5.74, 6) is -0.512. The molecule has 0 fully saturated rings. The van der Waals surface area contributed by atoms with E-state index in [0.29, 0.717) is 11.1 Å². The van der Waals surface area contributed by atoms with Gasteiger partial charge in [0, 0.05) is 12.0 Å². The predicted molar refractivity (Wildman–Crippen MR) is 70.6 cm³/mol. The van der Waals surface area contributed by atoms with E-state index in [0.717, 1.165) is 5.56 Å². The summed E-state index contributed by atoms with van der Waals surface area (Å²) >= 11 is 5.60. The van der Waals surface area contributed by atoms with Gasteiger partial charge in [-0.3, -0.25) is 4.79 Å². The lowest BCUT2D eigenvalue weighted by Crippen LogP contribution is -2.05. The summed E-state index contributed by atoms with van der Waals surface area (Å²) in [6.45, 7) is 1.88. The Morgan fingerprint density at radius 2 is 1.94 bits per heavy atom. The van der Waals surface area contributed by atoms with Gasteiger partial charge in [-0.1, -0.05) is 41.9 Å². The van der Waals surface area contributed by atoms with Gasteiger partial charge >= 0.3 is 0 Å². The lowest BCUT2D eigenvalue weighted by Gasteiger charge is -2.05. The molecule has 0 saturated heterocycles. The lowest BCUT2D eigenvalue weighted by atomic mass is 9.99. The Kier molecular flexibility index (Phi) is 3.78. The fraction of sp³-hybridized carbons (Fsp3) is 0.133. The highest BCUT2D eigenvalue weighted by molar-refractivity contribution is 6.30. The number of ketones is 1. The molecule has 0 saturated carbocycles. The maximum Gasteiger partial charge on any atom is 0.167 e. The van der Waals surface area contributed by atoms with E-state index in [1.54, 1.807) is 12.1 Å². The zero-order chi connectivity index (χ0) is 13.1. The van der Waals surface area contributed by atoms with Gasteiger partial charge in [0.15, 0.2) is 5.78 Å². The van der Waals surface area contributed by atoms with Crippen molar-refractivity contribution in [2.45, 2.75) is 13.3 Å². The second-order valence-corrected chi connectivity index (χ2v) is 4.57. The van der Waals surface area contributed by atoms with Crippen LogP contribution < -0.4 is 0 Å². The SMILES string of the molecule is Cc1ccccc1C(=O)Cc1ccc(Cl)c(F)c1. The van der Waals surface area contributed by atoms with Crippen LogP contribution in [0.3, 0.4) is 0 Å². The normalized spacial score (nSPS) is 10.4. The molecule has 0 bridgehead atoms. The molecular formula is C15H12ClFO. The van der Waals surface area contributed by atoms with Crippen LogP contribution in [0.4, 0.5) is 4.39 Å². The fourth-order valence-electron chi connectivity index (χ4n) is 1.82. The first-order valence-electron chi connectivity index (χ1n) is 5.60. The number of Topliss-reactive ketones (excluding diaryl/α,β-unsaturated/α-hetero) is 1. The van der Waals surface area contributed by atoms with Crippen molar-refractivity contribution < 1.29 is 9.18 Å². The Bertz CT molecular complexity index is 593. The van der Waals surface area contributed by atoms with Gasteiger partial charge in [-0.05, 0) is 30.2 Å². The Morgan fingerprint density at radius 3 is 2.61 bits per heavy atom. The molecule has 1 nitrogen and oxygen atoms in total. The molecule has 2 aromatic carbocycles. The van der Waals surface area contributed by atoms with Crippen LogP contribution in [-0.4, -0.2) is 5.78 Å². The highest BCUT2D eigenvalue weighted by Crippen LogP contribution is 2.17. The summed E-state index contributed by atoms with van der Waals surface area (Å²) in [7, 11) is 0. The number of aryl methyl sites for hydroxylation is 1. The molecule has 2 rings (SSSR count). The maximum atomic E-state index is 13.3. The first-order valence-corrected chi connectivity index (χ1v) is 5.98. The van der Waals surface area contributed by atoms with Gasteiger partial charge in [0.2, 0.25) is 0 Å². The van der Waals surface area contributed by atoms with Crippen molar-refractivity contribution in [2.24, 2.45) is 0 Å². The highest BCUT2D eigenvalue weighted by atomic mass is 35.5. The van der Waals surface area contributed by atoms with Crippen LogP contribution in [0, 0.1) is 12.7 Å². The summed E-state index contributed by atoms with van der Waals surface area (Å²) in [6.07, 6.45) is 0.180. The van der Waals surface area contributed by atoms with Gasteiger partial charge in [0.25, 0.3) is 0 Å². The fourth-order valence-corrected chi connectivity index (χ4v) is 1.93. The van der Waals surface area contributed by atoms with Crippen LogP contribution >= 0.6 is 11.6 Å². The minimum atomic E-state index is -0.494. The maximum absolute atomic E-state index is 13.3. The molecule has 0 aliphatic rings. The molecule has 0 aliphatic carbocycles. The van der Waals surface area contributed by atoms with Crippen LogP contribution in [0.25, 0.3) is 0 Å². The van der Waals surface area contributed by atoms with Gasteiger partial charge in [-0.2, -0.15) is 0 Å². The molecule has 3 heteroatoms. The molecule has 2 aromatic rings. The Balaban J connectivity index is 2.22. The molecule has 0 unspecified atom stereocenters. The number of hydrogen-bond donors (Lipinski definition) is 0.